The first-order valence-electron chi connectivity index (χ1n) is 8.41. The highest BCUT2D eigenvalue weighted by molar-refractivity contribution is 6.32. The number of esters is 1. The lowest BCUT2D eigenvalue weighted by molar-refractivity contribution is 0.0728. The van der Waals surface area contributed by atoms with Crippen LogP contribution in [0.15, 0.2) is 60.8 Å². The number of hydrogen-bond donors (Lipinski definition) is 0. The predicted molar refractivity (Wildman–Crippen MR) is 99.2 cm³/mol. The van der Waals surface area contributed by atoms with Gasteiger partial charge < -0.3 is 9.47 Å². The van der Waals surface area contributed by atoms with Gasteiger partial charge in [0.2, 0.25) is 0 Å². The molecular formula is C21H16ClNO3. The summed E-state index contributed by atoms with van der Waals surface area (Å²) < 4.78 is 11.1. The quantitative estimate of drug-likeness (QED) is 0.469. The normalized spacial score (nSPS) is 12.5. The Morgan fingerprint density at radius 2 is 1.77 bits per heavy atom. The molecule has 0 radical (unpaired) electrons. The van der Waals surface area contributed by atoms with Crippen LogP contribution in [0.5, 0.6) is 17.2 Å². The van der Waals surface area contributed by atoms with E-state index in [4.69, 9.17) is 21.1 Å². The number of carbonyl (C=O) groups excluding carboxylic acids is 1. The molecule has 0 N–H and O–H groups in total. The molecule has 0 saturated heterocycles. The number of hydrogen-bond acceptors (Lipinski definition) is 4. The second kappa shape index (κ2) is 7.18. The highest BCUT2D eigenvalue weighted by Crippen LogP contribution is 2.29. The van der Waals surface area contributed by atoms with Gasteiger partial charge in [0.1, 0.15) is 22.9 Å². The van der Waals surface area contributed by atoms with E-state index in [1.54, 1.807) is 24.3 Å². The topological polar surface area (TPSA) is 48.4 Å². The van der Waals surface area contributed by atoms with Gasteiger partial charge in [0.25, 0.3) is 0 Å². The molecule has 26 heavy (non-hydrogen) atoms. The van der Waals surface area contributed by atoms with Crippen LogP contribution in [0, 0.1) is 0 Å². The Balaban J connectivity index is 1.44. The molecule has 130 valence electrons. The average molecular weight is 366 g/mol. The van der Waals surface area contributed by atoms with Crippen molar-refractivity contribution < 1.29 is 14.3 Å². The smallest absolute Gasteiger partial charge is 0.362 e. The molecule has 4 rings (SSSR count). The molecule has 5 heteroatoms. The Morgan fingerprint density at radius 1 is 0.962 bits per heavy atom. The van der Waals surface area contributed by atoms with E-state index in [2.05, 4.69) is 4.98 Å². The number of para-hydroxylation sites is 1. The number of ether oxygens (including phenoxy) is 2. The zero-order valence-corrected chi connectivity index (χ0v) is 14.7. The third kappa shape index (κ3) is 3.55. The van der Waals surface area contributed by atoms with Crippen LogP contribution in [0.25, 0.3) is 0 Å². The van der Waals surface area contributed by atoms with E-state index in [0.717, 1.165) is 19.3 Å². The number of aryl methyl sites for hydroxylation is 2. The number of carbonyl (C=O) groups is 1. The van der Waals surface area contributed by atoms with Gasteiger partial charge in [-0.05, 0) is 66.8 Å². The summed E-state index contributed by atoms with van der Waals surface area (Å²) in [5.41, 5.74) is 2.81. The SMILES string of the molecule is O=C(Oc1ccc2c(c1)CCC2)c1ccc(Oc2ccccc2Cl)cn1. The predicted octanol–water partition coefficient (Wildman–Crippen LogP) is 5.24. The first kappa shape index (κ1) is 16.6. The third-order valence-corrected chi connectivity index (χ3v) is 4.60. The first-order valence-corrected chi connectivity index (χ1v) is 8.79. The zero-order valence-electron chi connectivity index (χ0n) is 13.9. The van der Waals surface area contributed by atoms with E-state index in [-0.39, 0.29) is 5.69 Å². The van der Waals surface area contributed by atoms with Crippen molar-refractivity contribution in [3.05, 3.63) is 82.6 Å². The number of pyridine rings is 1. The number of halogens is 1. The van der Waals surface area contributed by atoms with E-state index in [1.807, 2.05) is 30.3 Å². The molecule has 2 aromatic carbocycles. The van der Waals surface area contributed by atoms with E-state index in [1.165, 1.54) is 17.3 Å². The summed E-state index contributed by atoms with van der Waals surface area (Å²) in [6, 6.07) is 16.2. The summed E-state index contributed by atoms with van der Waals surface area (Å²) in [6.45, 7) is 0. The van der Waals surface area contributed by atoms with Crippen LogP contribution in [-0.2, 0) is 12.8 Å². The van der Waals surface area contributed by atoms with Crippen molar-refractivity contribution in [3.63, 3.8) is 0 Å². The Morgan fingerprint density at radius 3 is 2.58 bits per heavy atom. The minimum atomic E-state index is -0.493. The van der Waals surface area contributed by atoms with Crippen LogP contribution in [0.4, 0.5) is 0 Å². The van der Waals surface area contributed by atoms with Crippen LogP contribution < -0.4 is 9.47 Å². The van der Waals surface area contributed by atoms with Crippen LogP contribution in [0.1, 0.15) is 28.0 Å². The van der Waals surface area contributed by atoms with Crippen molar-refractivity contribution >= 4 is 17.6 Å². The van der Waals surface area contributed by atoms with Crippen LogP contribution in [0.3, 0.4) is 0 Å². The van der Waals surface area contributed by atoms with Crippen molar-refractivity contribution in [1.29, 1.82) is 0 Å². The van der Waals surface area contributed by atoms with Gasteiger partial charge in [-0.1, -0.05) is 29.8 Å². The molecule has 0 atom stereocenters. The maximum Gasteiger partial charge on any atom is 0.362 e. The standard InChI is InChI=1S/C21H16ClNO3/c22-18-6-1-2-7-20(18)25-17-10-11-19(23-13-17)21(24)26-16-9-8-14-4-3-5-15(14)12-16/h1-2,6-13H,3-5H2. The Kier molecular flexibility index (Phi) is 4.59. The molecule has 0 amide bonds. The second-order valence-corrected chi connectivity index (χ2v) is 6.49. The number of fused-ring (bicyclic) bond motifs is 1. The van der Waals surface area contributed by atoms with Gasteiger partial charge in [-0.2, -0.15) is 0 Å². The minimum Gasteiger partial charge on any atom is -0.454 e. The van der Waals surface area contributed by atoms with E-state index in [9.17, 15) is 4.79 Å². The number of rotatable bonds is 4. The summed E-state index contributed by atoms with van der Waals surface area (Å²) in [5, 5.41) is 0.507. The molecule has 4 nitrogen and oxygen atoms in total. The number of aromatic nitrogens is 1. The number of benzene rings is 2. The van der Waals surface area contributed by atoms with Crippen LogP contribution >= 0.6 is 11.6 Å². The van der Waals surface area contributed by atoms with E-state index >= 15 is 0 Å². The molecule has 1 heterocycles. The Labute approximate surface area is 156 Å². The van der Waals surface area contributed by atoms with Gasteiger partial charge in [-0.25, -0.2) is 9.78 Å². The summed E-state index contributed by atoms with van der Waals surface area (Å²) in [7, 11) is 0. The number of nitrogens with zero attached hydrogens (tertiary/aromatic N) is 1. The Hall–Kier alpha value is -2.85. The fourth-order valence-electron chi connectivity index (χ4n) is 2.99. The molecule has 0 aliphatic heterocycles. The van der Waals surface area contributed by atoms with Gasteiger partial charge in [0.05, 0.1) is 11.2 Å². The molecular weight excluding hydrogens is 350 g/mol. The summed E-state index contributed by atoms with van der Waals surface area (Å²) in [4.78, 5) is 16.4. The maximum absolute atomic E-state index is 12.3. The molecule has 1 aliphatic rings. The zero-order chi connectivity index (χ0) is 17.9. The highest BCUT2D eigenvalue weighted by Gasteiger charge is 2.15. The molecule has 1 aromatic heterocycles. The molecule has 0 spiro atoms. The third-order valence-electron chi connectivity index (χ3n) is 4.29. The van der Waals surface area contributed by atoms with Gasteiger partial charge in [-0.3, -0.25) is 0 Å². The molecule has 1 aliphatic carbocycles. The van der Waals surface area contributed by atoms with Gasteiger partial charge in [-0.15, -0.1) is 0 Å². The van der Waals surface area contributed by atoms with Crippen molar-refractivity contribution in [2.24, 2.45) is 0 Å². The van der Waals surface area contributed by atoms with Crippen LogP contribution in [0.2, 0.25) is 5.02 Å². The summed E-state index contributed by atoms with van der Waals surface area (Å²) in [5.74, 6) is 1.08. The molecule has 0 bridgehead atoms. The summed E-state index contributed by atoms with van der Waals surface area (Å²) in [6.07, 6.45) is 4.76. The second-order valence-electron chi connectivity index (χ2n) is 6.09. The summed E-state index contributed by atoms with van der Waals surface area (Å²) >= 11 is 6.07. The lowest BCUT2D eigenvalue weighted by Gasteiger charge is -2.08. The van der Waals surface area contributed by atoms with Gasteiger partial charge >= 0.3 is 5.97 Å². The minimum absolute atomic E-state index is 0.219. The van der Waals surface area contributed by atoms with E-state index < -0.39 is 5.97 Å². The van der Waals surface area contributed by atoms with Crippen LogP contribution in [-0.4, -0.2) is 11.0 Å². The fourth-order valence-corrected chi connectivity index (χ4v) is 3.16. The van der Waals surface area contributed by atoms with Crippen molar-refractivity contribution in [1.82, 2.24) is 4.98 Å². The van der Waals surface area contributed by atoms with Gasteiger partial charge in [0, 0.05) is 0 Å². The van der Waals surface area contributed by atoms with Crippen molar-refractivity contribution in [2.75, 3.05) is 0 Å². The lowest BCUT2D eigenvalue weighted by Crippen LogP contribution is -2.10. The first-order chi connectivity index (χ1) is 12.7. The lowest BCUT2D eigenvalue weighted by atomic mass is 10.1. The van der Waals surface area contributed by atoms with E-state index in [0.29, 0.717) is 22.3 Å². The molecule has 0 fully saturated rings. The average Bonchev–Trinajstić information content (AvgIpc) is 3.12. The maximum atomic E-state index is 12.3. The van der Waals surface area contributed by atoms with Crippen molar-refractivity contribution in [2.45, 2.75) is 19.3 Å². The fraction of sp³-hybridized carbons (Fsp3) is 0.143. The monoisotopic (exact) mass is 365 g/mol. The van der Waals surface area contributed by atoms with Crippen molar-refractivity contribution in [3.8, 4) is 17.2 Å². The molecule has 0 saturated carbocycles. The largest absolute Gasteiger partial charge is 0.454 e. The molecule has 3 aromatic rings. The highest BCUT2D eigenvalue weighted by atomic mass is 35.5. The Bertz CT molecular complexity index is 954. The van der Waals surface area contributed by atoms with Gasteiger partial charge in [0.15, 0.2) is 0 Å². The molecule has 0 unspecified atom stereocenters.